The van der Waals surface area contributed by atoms with Gasteiger partial charge in [-0.2, -0.15) is 0 Å². The van der Waals surface area contributed by atoms with Crippen LogP contribution in [0.2, 0.25) is 0 Å². The fourth-order valence-corrected chi connectivity index (χ4v) is 0.653. The molecule has 0 amide bonds. The smallest absolute Gasteiger partial charge is 0.154 e. The summed E-state index contributed by atoms with van der Waals surface area (Å²) in [6.45, 7) is 7.60. The van der Waals surface area contributed by atoms with Gasteiger partial charge in [0.2, 0.25) is 0 Å². The third-order valence-electron chi connectivity index (χ3n) is 1.29. The van der Waals surface area contributed by atoms with Gasteiger partial charge in [0.25, 0.3) is 0 Å². The van der Waals surface area contributed by atoms with Crippen LogP contribution in [-0.2, 0) is 9.47 Å². The third kappa shape index (κ3) is 7.82. The van der Waals surface area contributed by atoms with Crippen molar-refractivity contribution in [3.05, 3.63) is 6.42 Å². The summed E-state index contributed by atoms with van der Waals surface area (Å²) in [5.41, 5.74) is 0. The second-order valence-electron chi connectivity index (χ2n) is 2.47. The minimum atomic E-state index is -0.0576. The summed E-state index contributed by atoms with van der Waals surface area (Å²) in [6.07, 6.45) is 4.13. The Labute approximate surface area is 69.9 Å². The molecule has 0 saturated heterocycles. The van der Waals surface area contributed by atoms with Crippen molar-refractivity contribution >= 4 is 0 Å². The van der Waals surface area contributed by atoms with Crippen molar-refractivity contribution < 1.29 is 9.47 Å². The van der Waals surface area contributed by atoms with Crippen LogP contribution in [0.15, 0.2) is 0 Å². The maximum atomic E-state index is 5.31. The Morgan fingerprint density at radius 1 is 1.27 bits per heavy atom. The van der Waals surface area contributed by atoms with Crippen LogP contribution in [0.1, 0.15) is 33.6 Å². The average molecular weight is 159 g/mol. The second kappa shape index (κ2) is 8.02. The lowest BCUT2D eigenvalue weighted by Gasteiger charge is -2.12. The Kier molecular flexibility index (Phi) is 7.96. The van der Waals surface area contributed by atoms with Gasteiger partial charge in [0, 0.05) is 6.61 Å². The molecule has 2 nitrogen and oxygen atoms in total. The van der Waals surface area contributed by atoms with Gasteiger partial charge in [-0.3, -0.25) is 0 Å². The lowest BCUT2D eigenvalue weighted by Crippen LogP contribution is -2.14. The Hall–Kier alpha value is -0.0800. The topological polar surface area (TPSA) is 18.5 Å². The van der Waals surface area contributed by atoms with E-state index in [1.807, 2.05) is 6.92 Å². The largest absolute Gasteiger partial charge is 0.353 e. The summed E-state index contributed by atoms with van der Waals surface area (Å²) in [5.74, 6) is 0. The molecule has 0 heterocycles. The fraction of sp³-hybridized carbons (Fsp3) is 0.889. The summed E-state index contributed by atoms with van der Waals surface area (Å²) in [5, 5.41) is 0. The first-order valence-corrected chi connectivity index (χ1v) is 4.36. The van der Waals surface area contributed by atoms with Crippen LogP contribution in [0.25, 0.3) is 0 Å². The Balaban J connectivity index is 3.02. The fourth-order valence-electron chi connectivity index (χ4n) is 0.653. The molecule has 0 N–H and O–H groups in total. The van der Waals surface area contributed by atoms with E-state index in [1.165, 1.54) is 0 Å². The molecule has 0 spiro atoms. The van der Waals surface area contributed by atoms with E-state index in [4.69, 9.17) is 9.47 Å². The summed E-state index contributed by atoms with van der Waals surface area (Å²) in [4.78, 5) is 0. The molecular formula is C9H19O2. The lowest BCUT2D eigenvalue weighted by molar-refractivity contribution is -0.124. The van der Waals surface area contributed by atoms with Crippen LogP contribution in [0, 0.1) is 6.42 Å². The van der Waals surface area contributed by atoms with E-state index >= 15 is 0 Å². The molecule has 1 radical (unpaired) electrons. The summed E-state index contributed by atoms with van der Waals surface area (Å²) in [6, 6.07) is 0. The zero-order valence-electron chi connectivity index (χ0n) is 7.80. The predicted octanol–water partition coefficient (Wildman–Crippen LogP) is 2.39. The van der Waals surface area contributed by atoms with Crippen molar-refractivity contribution in [2.75, 3.05) is 13.2 Å². The highest BCUT2D eigenvalue weighted by atomic mass is 16.7. The molecule has 11 heavy (non-hydrogen) atoms. The van der Waals surface area contributed by atoms with Crippen LogP contribution in [0.4, 0.5) is 0 Å². The van der Waals surface area contributed by atoms with Gasteiger partial charge in [-0.1, -0.05) is 20.3 Å². The lowest BCUT2D eigenvalue weighted by atomic mass is 10.4. The Bertz CT molecular complexity index is 74.0. The molecule has 0 aromatic carbocycles. The van der Waals surface area contributed by atoms with E-state index < -0.39 is 0 Å². The minimum absolute atomic E-state index is 0.0576. The number of ether oxygens (including phenoxy) is 2. The SMILES string of the molecule is CC[CH]COC(C)OCCC. The molecule has 2 heteroatoms. The van der Waals surface area contributed by atoms with Gasteiger partial charge in [0.05, 0.1) is 6.61 Å². The number of hydrogen-bond acceptors (Lipinski definition) is 2. The first kappa shape index (κ1) is 10.9. The minimum Gasteiger partial charge on any atom is -0.353 e. The molecule has 0 aliphatic carbocycles. The highest BCUT2D eigenvalue weighted by molar-refractivity contribution is 4.58. The molecular weight excluding hydrogens is 140 g/mol. The molecule has 67 valence electrons. The maximum absolute atomic E-state index is 5.31. The van der Waals surface area contributed by atoms with Crippen molar-refractivity contribution in [1.82, 2.24) is 0 Å². The van der Waals surface area contributed by atoms with Gasteiger partial charge < -0.3 is 9.47 Å². The molecule has 0 aliphatic heterocycles. The second-order valence-corrected chi connectivity index (χ2v) is 2.47. The quantitative estimate of drug-likeness (QED) is 0.419. The van der Waals surface area contributed by atoms with E-state index in [2.05, 4.69) is 20.3 Å². The zero-order chi connectivity index (χ0) is 8.53. The van der Waals surface area contributed by atoms with Gasteiger partial charge in [-0.15, -0.1) is 0 Å². The molecule has 1 atom stereocenters. The van der Waals surface area contributed by atoms with Crippen molar-refractivity contribution in [3.8, 4) is 0 Å². The highest BCUT2D eigenvalue weighted by Crippen LogP contribution is 1.96. The molecule has 0 rings (SSSR count). The van der Waals surface area contributed by atoms with E-state index in [0.29, 0.717) is 6.61 Å². The van der Waals surface area contributed by atoms with Crippen LogP contribution < -0.4 is 0 Å². The van der Waals surface area contributed by atoms with E-state index in [-0.39, 0.29) is 6.29 Å². The highest BCUT2D eigenvalue weighted by Gasteiger charge is 1.98. The molecule has 0 aromatic heterocycles. The summed E-state index contributed by atoms with van der Waals surface area (Å²) >= 11 is 0. The van der Waals surface area contributed by atoms with Gasteiger partial charge in [-0.05, 0) is 19.8 Å². The van der Waals surface area contributed by atoms with Crippen molar-refractivity contribution in [2.24, 2.45) is 0 Å². The third-order valence-corrected chi connectivity index (χ3v) is 1.29. The summed E-state index contributed by atoms with van der Waals surface area (Å²) < 4.78 is 10.6. The standard InChI is InChI=1S/C9H19O2/c1-4-6-8-11-9(3)10-7-5-2/h6,9H,4-5,7-8H2,1-3H3. The van der Waals surface area contributed by atoms with Crippen molar-refractivity contribution in [1.29, 1.82) is 0 Å². The van der Waals surface area contributed by atoms with Crippen LogP contribution in [0.5, 0.6) is 0 Å². The van der Waals surface area contributed by atoms with Crippen molar-refractivity contribution in [3.63, 3.8) is 0 Å². The van der Waals surface area contributed by atoms with Crippen LogP contribution in [-0.4, -0.2) is 19.5 Å². The molecule has 0 aliphatic rings. The average Bonchev–Trinajstić information content (AvgIpc) is 2.01. The molecule has 0 aromatic rings. The van der Waals surface area contributed by atoms with Gasteiger partial charge in [0.1, 0.15) is 0 Å². The molecule has 0 fully saturated rings. The molecule has 1 unspecified atom stereocenters. The number of rotatable bonds is 7. The van der Waals surface area contributed by atoms with Crippen LogP contribution >= 0.6 is 0 Å². The number of unbranched alkanes of at least 4 members (excludes halogenated alkanes) is 1. The monoisotopic (exact) mass is 159 g/mol. The van der Waals surface area contributed by atoms with E-state index in [9.17, 15) is 0 Å². The summed E-state index contributed by atoms with van der Waals surface area (Å²) in [7, 11) is 0. The Morgan fingerprint density at radius 2 is 2.00 bits per heavy atom. The first-order chi connectivity index (χ1) is 5.31. The Morgan fingerprint density at radius 3 is 2.55 bits per heavy atom. The van der Waals surface area contributed by atoms with Gasteiger partial charge >= 0.3 is 0 Å². The number of hydrogen-bond donors (Lipinski definition) is 0. The van der Waals surface area contributed by atoms with Crippen LogP contribution in [0.3, 0.4) is 0 Å². The van der Waals surface area contributed by atoms with Crippen molar-refractivity contribution in [2.45, 2.75) is 39.9 Å². The van der Waals surface area contributed by atoms with Gasteiger partial charge in [-0.25, -0.2) is 0 Å². The predicted molar refractivity (Wildman–Crippen MR) is 46.2 cm³/mol. The zero-order valence-corrected chi connectivity index (χ0v) is 7.80. The molecule has 0 bridgehead atoms. The maximum Gasteiger partial charge on any atom is 0.154 e. The molecule has 0 saturated carbocycles. The first-order valence-electron chi connectivity index (χ1n) is 4.36. The normalized spacial score (nSPS) is 13.4. The van der Waals surface area contributed by atoms with E-state index in [0.717, 1.165) is 19.4 Å². The van der Waals surface area contributed by atoms with E-state index in [1.54, 1.807) is 0 Å². The van der Waals surface area contributed by atoms with Gasteiger partial charge in [0.15, 0.2) is 6.29 Å².